The molecular formula is C32H45N3O3. The monoisotopic (exact) mass is 519 g/mol. The Hall–Kier alpha value is -2.70. The van der Waals surface area contributed by atoms with Gasteiger partial charge in [-0.05, 0) is 49.7 Å². The van der Waals surface area contributed by atoms with Crippen molar-refractivity contribution in [3.63, 3.8) is 0 Å². The molecule has 2 aliphatic heterocycles. The topological polar surface area (TPSA) is 64.1 Å². The molecule has 0 aromatic heterocycles. The first-order chi connectivity index (χ1) is 18.5. The van der Waals surface area contributed by atoms with Crippen molar-refractivity contribution in [2.24, 2.45) is 5.92 Å². The third kappa shape index (κ3) is 7.23. The highest BCUT2D eigenvalue weighted by atomic mass is 16.4. The Bertz CT molecular complexity index is 1010. The summed E-state index contributed by atoms with van der Waals surface area (Å²) in [7, 11) is 0. The van der Waals surface area contributed by atoms with E-state index in [1.54, 1.807) is 0 Å². The maximum absolute atomic E-state index is 13.1. The maximum Gasteiger partial charge on any atom is 0.320 e. The SMILES string of the molecule is CCCC(C(=O)O)N1C[C@H](CN2CCC(N(CC)C(=O)CCc3ccccc3)CC2)[C@@H](c2ccccc2)C1. The quantitative estimate of drug-likeness (QED) is 0.432. The minimum Gasteiger partial charge on any atom is -0.480 e. The van der Waals surface area contributed by atoms with Gasteiger partial charge in [-0.25, -0.2) is 0 Å². The molecule has 2 aliphatic rings. The molecule has 6 heteroatoms. The summed E-state index contributed by atoms with van der Waals surface area (Å²) in [5.74, 6) is 0.319. The number of carboxylic acid groups (broad SMARTS) is 1. The van der Waals surface area contributed by atoms with Crippen LogP contribution in [0.15, 0.2) is 60.7 Å². The third-order valence-corrected chi connectivity index (χ3v) is 8.61. The lowest BCUT2D eigenvalue weighted by molar-refractivity contribution is -0.143. The zero-order valence-corrected chi connectivity index (χ0v) is 23.2. The van der Waals surface area contributed by atoms with Gasteiger partial charge < -0.3 is 14.9 Å². The number of likely N-dealkylation sites (tertiary alicyclic amines) is 2. The zero-order chi connectivity index (χ0) is 26.9. The summed E-state index contributed by atoms with van der Waals surface area (Å²) in [4.78, 5) is 32.0. The number of nitrogens with zero attached hydrogens (tertiary/aromatic N) is 3. The highest BCUT2D eigenvalue weighted by Crippen LogP contribution is 2.35. The van der Waals surface area contributed by atoms with Crippen LogP contribution >= 0.6 is 0 Å². The van der Waals surface area contributed by atoms with Crippen LogP contribution in [0.5, 0.6) is 0 Å². The number of carboxylic acids is 1. The number of aliphatic carboxylic acids is 1. The summed E-state index contributed by atoms with van der Waals surface area (Å²) in [5.41, 5.74) is 2.53. The van der Waals surface area contributed by atoms with Crippen LogP contribution in [-0.2, 0) is 16.0 Å². The van der Waals surface area contributed by atoms with Crippen molar-refractivity contribution in [3.05, 3.63) is 71.8 Å². The molecule has 2 heterocycles. The van der Waals surface area contributed by atoms with Crippen LogP contribution in [-0.4, -0.2) is 83.0 Å². The number of benzene rings is 2. The molecule has 2 aromatic rings. The van der Waals surface area contributed by atoms with Crippen molar-refractivity contribution < 1.29 is 14.7 Å². The Labute approximate surface area is 228 Å². The number of hydrogen-bond donors (Lipinski definition) is 1. The normalized spacial score (nSPS) is 21.8. The average Bonchev–Trinajstić information content (AvgIpc) is 3.36. The van der Waals surface area contributed by atoms with Gasteiger partial charge in [0, 0.05) is 57.6 Å². The van der Waals surface area contributed by atoms with Gasteiger partial charge in [-0.2, -0.15) is 0 Å². The van der Waals surface area contributed by atoms with E-state index in [-0.39, 0.29) is 5.91 Å². The predicted octanol–water partition coefficient (Wildman–Crippen LogP) is 4.90. The van der Waals surface area contributed by atoms with Gasteiger partial charge in [0.15, 0.2) is 0 Å². The second kappa shape index (κ2) is 13.9. The van der Waals surface area contributed by atoms with Crippen molar-refractivity contribution in [2.75, 3.05) is 39.3 Å². The highest BCUT2D eigenvalue weighted by Gasteiger charge is 2.40. The summed E-state index contributed by atoms with van der Waals surface area (Å²) in [5, 5.41) is 9.90. The fourth-order valence-corrected chi connectivity index (χ4v) is 6.58. The minimum atomic E-state index is -0.697. The number of aryl methyl sites for hydroxylation is 1. The average molecular weight is 520 g/mol. The number of hydrogen-bond acceptors (Lipinski definition) is 4. The molecule has 206 valence electrons. The van der Waals surface area contributed by atoms with Crippen LogP contribution in [0, 0.1) is 5.92 Å². The standard InChI is InChI=1S/C32H45N3O3/c1-3-11-30(32(37)38)34-23-27(29(24-34)26-14-9-6-10-15-26)22-33-20-18-28(19-21-33)35(4-2)31(36)17-16-25-12-7-5-8-13-25/h5-10,12-15,27-30H,3-4,11,16-24H2,1-2H3,(H,37,38)/t27-,29+,30?/m0/s1. The fourth-order valence-electron chi connectivity index (χ4n) is 6.58. The van der Waals surface area contributed by atoms with Gasteiger partial charge in [-0.3, -0.25) is 14.5 Å². The first-order valence-corrected chi connectivity index (χ1v) is 14.6. The fraction of sp³-hybridized carbons (Fsp3) is 0.562. The van der Waals surface area contributed by atoms with Crippen LogP contribution in [0.1, 0.15) is 63.0 Å². The van der Waals surface area contributed by atoms with Crippen LogP contribution < -0.4 is 0 Å². The Morgan fingerprint density at radius 3 is 2.24 bits per heavy atom. The molecule has 0 bridgehead atoms. The van der Waals surface area contributed by atoms with Crippen molar-refractivity contribution in [2.45, 2.75) is 70.4 Å². The van der Waals surface area contributed by atoms with Crippen LogP contribution in [0.4, 0.5) is 0 Å². The predicted molar refractivity (Wildman–Crippen MR) is 152 cm³/mol. The maximum atomic E-state index is 13.1. The van der Waals surface area contributed by atoms with E-state index >= 15 is 0 Å². The van der Waals surface area contributed by atoms with E-state index in [0.29, 0.717) is 30.7 Å². The zero-order valence-electron chi connectivity index (χ0n) is 23.2. The minimum absolute atomic E-state index is 0.265. The second-order valence-electron chi connectivity index (χ2n) is 11.1. The Kier molecular flexibility index (Phi) is 10.4. The second-order valence-corrected chi connectivity index (χ2v) is 11.1. The Morgan fingerprint density at radius 2 is 1.63 bits per heavy atom. The van der Waals surface area contributed by atoms with Crippen LogP contribution in [0.3, 0.4) is 0 Å². The molecule has 1 amide bonds. The summed E-state index contributed by atoms with van der Waals surface area (Å²) in [6, 6.07) is 20.8. The molecule has 0 radical (unpaired) electrons. The van der Waals surface area contributed by atoms with E-state index in [9.17, 15) is 14.7 Å². The largest absolute Gasteiger partial charge is 0.480 e. The van der Waals surface area contributed by atoms with Gasteiger partial charge in [0.1, 0.15) is 6.04 Å². The number of rotatable bonds is 12. The van der Waals surface area contributed by atoms with Gasteiger partial charge in [0.05, 0.1) is 0 Å². The molecule has 2 aromatic carbocycles. The summed E-state index contributed by atoms with van der Waals surface area (Å²) < 4.78 is 0. The number of carbonyl (C=O) groups is 2. The molecule has 4 rings (SSSR count). The van der Waals surface area contributed by atoms with Crippen molar-refractivity contribution in [1.29, 1.82) is 0 Å². The van der Waals surface area contributed by atoms with E-state index in [1.165, 1.54) is 11.1 Å². The van der Waals surface area contributed by atoms with E-state index < -0.39 is 12.0 Å². The summed E-state index contributed by atoms with van der Waals surface area (Å²) in [6.45, 7) is 9.52. The molecule has 0 saturated carbocycles. The van der Waals surface area contributed by atoms with E-state index in [2.05, 4.69) is 64.9 Å². The van der Waals surface area contributed by atoms with Gasteiger partial charge in [0.2, 0.25) is 5.91 Å². The van der Waals surface area contributed by atoms with Gasteiger partial charge in [-0.15, -0.1) is 0 Å². The lowest BCUT2D eigenvalue weighted by Crippen LogP contribution is -2.48. The van der Waals surface area contributed by atoms with Crippen molar-refractivity contribution >= 4 is 11.9 Å². The molecule has 0 aliphatic carbocycles. The first-order valence-electron chi connectivity index (χ1n) is 14.6. The van der Waals surface area contributed by atoms with Gasteiger partial charge >= 0.3 is 5.97 Å². The third-order valence-electron chi connectivity index (χ3n) is 8.61. The van der Waals surface area contributed by atoms with Crippen LogP contribution in [0.25, 0.3) is 0 Å². The first kappa shape index (κ1) is 28.3. The molecular weight excluding hydrogens is 474 g/mol. The van der Waals surface area contributed by atoms with E-state index in [0.717, 1.165) is 65.0 Å². The lowest BCUT2D eigenvalue weighted by Gasteiger charge is -2.39. The molecule has 1 unspecified atom stereocenters. The summed E-state index contributed by atoms with van der Waals surface area (Å²) >= 11 is 0. The number of piperidine rings is 1. The highest BCUT2D eigenvalue weighted by molar-refractivity contribution is 5.76. The van der Waals surface area contributed by atoms with Gasteiger partial charge in [-0.1, -0.05) is 74.0 Å². The number of amides is 1. The molecule has 2 saturated heterocycles. The van der Waals surface area contributed by atoms with Crippen molar-refractivity contribution in [3.8, 4) is 0 Å². The van der Waals surface area contributed by atoms with Crippen molar-refractivity contribution in [1.82, 2.24) is 14.7 Å². The van der Waals surface area contributed by atoms with E-state index in [4.69, 9.17) is 0 Å². The molecule has 6 nitrogen and oxygen atoms in total. The van der Waals surface area contributed by atoms with E-state index in [1.807, 2.05) is 24.3 Å². The number of carbonyl (C=O) groups excluding carboxylic acids is 1. The molecule has 1 N–H and O–H groups in total. The smallest absolute Gasteiger partial charge is 0.320 e. The molecule has 3 atom stereocenters. The summed E-state index contributed by atoms with van der Waals surface area (Å²) in [6.07, 6.45) is 4.94. The Morgan fingerprint density at radius 1 is 0.974 bits per heavy atom. The Balaban J connectivity index is 1.34. The lowest BCUT2D eigenvalue weighted by atomic mass is 9.88. The molecule has 38 heavy (non-hydrogen) atoms. The molecule has 0 spiro atoms. The molecule has 2 fully saturated rings. The van der Waals surface area contributed by atoms with Gasteiger partial charge in [0.25, 0.3) is 0 Å². The van der Waals surface area contributed by atoms with Crippen LogP contribution in [0.2, 0.25) is 0 Å².